The number of ether oxygens (including phenoxy) is 1. The summed E-state index contributed by atoms with van der Waals surface area (Å²) in [5.74, 6) is 2.81. The van der Waals surface area contributed by atoms with Crippen molar-refractivity contribution in [3.05, 3.63) is 29.8 Å². The molecule has 1 nitrogen and oxygen atoms in total. The number of unbranched alkanes of at least 4 members (excludes halogenated alkanes) is 2. The molecule has 0 bridgehead atoms. The summed E-state index contributed by atoms with van der Waals surface area (Å²) < 4.78 is 5.75. The Morgan fingerprint density at radius 1 is 0.905 bits per heavy atom. The summed E-state index contributed by atoms with van der Waals surface area (Å²) in [4.78, 5) is 0. The lowest BCUT2D eigenvalue weighted by atomic mass is 9.77. The lowest BCUT2D eigenvalue weighted by Gasteiger charge is -2.28. The monoisotopic (exact) mass is 288 g/mol. The van der Waals surface area contributed by atoms with E-state index in [9.17, 15) is 0 Å². The summed E-state index contributed by atoms with van der Waals surface area (Å²) in [5, 5.41) is 0. The van der Waals surface area contributed by atoms with Gasteiger partial charge in [-0.1, -0.05) is 51.7 Å². The molecule has 0 heterocycles. The van der Waals surface area contributed by atoms with E-state index in [0.29, 0.717) is 0 Å². The second kappa shape index (κ2) is 9.12. The Morgan fingerprint density at radius 2 is 1.57 bits per heavy atom. The predicted octanol–water partition coefficient (Wildman–Crippen LogP) is 6.33. The number of hydrogen-bond acceptors (Lipinski definition) is 1. The Balaban J connectivity index is 1.78. The zero-order chi connectivity index (χ0) is 14.9. The van der Waals surface area contributed by atoms with Gasteiger partial charge in [-0.15, -0.1) is 0 Å². The number of hydrogen-bond donors (Lipinski definition) is 0. The first-order chi connectivity index (χ1) is 10.3. The first-order valence-corrected chi connectivity index (χ1v) is 9.06. The molecule has 1 aliphatic carbocycles. The van der Waals surface area contributed by atoms with Crippen LogP contribution >= 0.6 is 0 Å². The molecule has 0 radical (unpaired) electrons. The van der Waals surface area contributed by atoms with Crippen LogP contribution < -0.4 is 4.74 Å². The molecule has 118 valence electrons. The molecule has 2 rings (SSSR count). The topological polar surface area (TPSA) is 9.23 Å². The Hall–Kier alpha value is -0.980. The molecule has 0 unspecified atom stereocenters. The van der Waals surface area contributed by atoms with Crippen LogP contribution in [0.5, 0.6) is 5.75 Å². The van der Waals surface area contributed by atoms with Gasteiger partial charge < -0.3 is 4.74 Å². The summed E-state index contributed by atoms with van der Waals surface area (Å²) in [6.45, 7) is 5.34. The maximum atomic E-state index is 5.75. The molecule has 1 saturated carbocycles. The fourth-order valence-electron chi connectivity index (χ4n) is 3.45. The van der Waals surface area contributed by atoms with E-state index in [-0.39, 0.29) is 0 Å². The zero-order valence-corrected chi connectivity index (χ0v) is 13.9. The van der Waals surface area contributed by atoms with Gasteiger partial charge in [0.05, 0.1) is 6.61 Å². The molecule has 0 spiro atoms. The summed E-state index contributed by atoms with van der Waals surface area (Å²) in [6.07, 6.45) is 12.2. The van der Waals surface area contributed by atoms with E-state index in [1.54, 1.807) is 0 Å². The van der Waals surface area contributed by atoms with Gasteiger partial charge in [-0.3, -0.25) is 0 Å². The van der Waals surface area contributed by atoms with Gasteiger partial charge in [0, 0.05) is 0 Å². The molecule has 0 aromatic heterocycles. The van der Waals surface area contributed by atoms with E-state index in [1.165, 1.54) is 56.9 Å². The van der Waals surface area contributed by atoms with E-state index in [1.807, 2.05) is 0 Å². The van der Waals surface area contributed by atoms with E-state index in [0.717, 1.165) is 30.6 Å². The van der Waals surface area contributed by atoms with Gasteiger partial charge in [0.25, 0.3) is 0 Å². The SMILES string of the molecule is CCCCOc1ccc([C@H]2CC[C@H](CCCC)CC2)cc1. The van der Waals surface area contributed by atoms with Crippen LogP contribution in [-0.2, 0) is 0 Å². The van der Waals surface area contributed by atoms with Crippen LogP contribution in [0.25, 0.3) is 0 Å². The summed E-state index contributed by atoms with van der Waals surface area (Å²) in [5.41, 5.74) is 1.52. The van der Waals surface area contributed by atoms with Gasteiger partial charge in [0.15, 0.2) is 0 Å². The molecular weight excluding hydrogens is 256 g/mol. The van der Waals surface area contributed by atoms with Crippen molar-refractivity contribution in [3.8, 4) is 5.75 Å². The minimum absolute atomic E-state index is 0.785. The van der Waals surface area contributed by atoms with Crippen molar-refractivity contribution in [2.24, 2.45) is 5.92 Å². The van der Waals surface area contributed by atoms with Crippen LogP contribution in [0, 0.1) is 5.92 Å². The average Bonchev–Trinajstić information content (AvgIpc) is 2.54. The third kappa shape index (κ3) is 5.37. The van der Waals surface area contributed by atoms with Gasteiger partial charge in [0.2, 0.25) is 0 Å². The largest absolute Gasteiger partial charge is 0.494 e. The molecule has 21 heavy (non-hydrogen) atoms. The zero-order valence-electron chi connectivity index (χ0n) is 13.9. The van der Waals surface area contributed by atoms with Crippen molar-refractivity contribution in [2.75, 3.05) is 6.61 Å². The summed E-state index contributed by atoms with van der Waals surface area (Å²) in [6, 6.07) is 8.90. The highest BCUT2D eigenvalue weighted by Crippen LogP contribution is 2.38. The lowest BCUT2D eigenvalue weighted by molar-refractivity contribution is 0.302. The molecule has 0 saturated heterocycles. The summed E-state index contributed by atoms with van der Waals surface area (Å²) in [7, 11) is 0. The second-order valence-corrected chi connectivity index (χ2v) is 6.63. The van der Waals surface area contributed by atoms with Crippen LogP contribution in [0.4, 0.5) is 0 Å². The third-order valence-electron chi connectivity index (χ3n) is 4.93. The number of rotatable bonds is 8. The maximum absolute atomic E-state index is 5.75. The van der Waals surface area contributed by atoms with Gasteiger partial charge in [-0.2, -0.15) is 0 Å². The van der Waals surface area contributed by atoms with E-state index in [4.69, 9.17) is 4.74 Å². The molecule has 1 heteroatoms. The normalized spacial score (nSPS) is 22.2. The summed E-state index contributed by atoms with van der Waals surface area (Å²) >= 11 is 0. The predicted molar refractivity (Wildman–Crippen MR) is 91.1 cm³/mol. The van der Waals surface area contributed by atoms with Crippen molar-refractivity contribution in [3.63, 3.8) is 0 Å². The fourth-order valence-corrected chi connectivity index (χ4v) is 3.45. The molecule has 0 aliphatic heterocycles. The second-order valence-electron chi connectivity index (χ2n) is 6.63. The highest BCUT2D eigenvalue weighted by atomic mass is 16.5. The first-order valence-electron chi connectivity index (χ1n) is 9.06. The van der Waals surface area contributed by atoms with Crippen LogP contribution in [-0.4, -0.2) is 6.61 Å². The van der Waals surface area contributed by atoms with Gasteiger partial charge >= 0.3 is 0 Å². The first kappa shape index (κ1) is 16.4. The Morgan fingerprint density at radius 3 is 2.19 bits per heavy atom. The van der Waals surface area contributed by atoms with Crippen molar-refractivity contribution >= 4 is 0 Å². The van der Waals surface area contributed by atoms with Crippen LogP contribution in [0.3, 0.4) is 0 Å². The van der Waals surface area contributed by atoms with Crippen LogP contribution in [0.1, 0.15) is 83.1 Å². The van der Waals surface area contributed by atoms with E-state index in [2.05, 4.69) is 38.1 Å². The van der Waals surface area contributed by atoms with Crippen molar-refractivity contribution in [1.82, 2.24) is 0 Å². The molecule has 1 aromatic carbocycles. The average molecular weight is 288 g/mol. The molecule has 1 fully saturated rings. The Bertz CT molecular complexity index is 373. The Labute approximate surface area is 131 Å². The van der Waals surface area contributed by atoms with Crippen molar-refractivity contribution in [2.45, 2.75) is 77.6 Å². The molecule has 1 aromatic rings. The minimum Gasteiger partial charge on any atom is -0.494 e. The van der Waals surface area contributed by atoms with Crippen molar-refractivity contribution in [1.29, 1.82) is 0 Å². The van der Waals surface area contributed by atoms with Crippen LogP contribution in [0.2, 0.25) is 0 Å². The van der Waals surface area contributed by atoms with Crippen LogP contribution in [0.15, 0.2) is 24.3 Å². The van der Waals surface area contributed by atoms with Gasteiger partial charge in [-0.25, -0.2) is 0 Å². The van der Waals surface area contributed by atoms with Crippen molar-refractivity contribution < 1.29 is 4.74 Å². The fraction of sp³-hybridized carbons (Fsp3) is 0.700. The van der Waals surface area contributed by atoms with E-state index >= 15 is 0 Å². The maximum Gasteiger partial charge on any atom is 0.119 e. The third-order valence-corrected chi connectivity index (χ3v) is 4.93. The molecule has 1 aliphatic rings. The highest BCUT2D eigenvalue weighted by Gasteiger charge is 2.21. The number of benzene rings is 1. The van der Waals surface area contributed by atoms with Gasteiger partial charge in [0.1, 0.15) is 5.75 Å². The minimum atomic E-state index is 0.785. The van der Waals surface area contributed by atoms with E-state index < -0.39 is 0 Å². The standard InChI is InChI=1S/C20H32O/c1-3-5-7-17-8-10-18(11-9-17)19-12-14-20(15-13-19)21-16-6-4-2/h12-15,17-18H,3-11,16H2,1-2H3/t17-,18-. The molecule has 0 N–H and O–H groups in total. The molecular formula is C20H32O. The molecule has 0 atom stereocenters. The van der Waals surface area contributed by atoms with Gasteiger partial charge in [-0.05, 0) is 61.6 Å². The Kier molecular flexibility index (Phi) is 7.12. The molecule has 0 amide bonds. The lowest BCUT2D eigenvalue weighted by Crippen LogP contribution is -2.13. The smallest absolute Gasteiger partial charge is 0.119 e. The quantitative estimate of drug-likeness (QED) is 0.508. The highest BCUT2D eigenvalue weighted by molar-refractivity contribution is 5.29.